The van der Waals surface area contributed by atoms with Crippen molar-refractivity contribution in [3.8, 4) is 23.9 Å². The van der Waals surface area contributed by atoms with E-state index in [0.29, 0.717) is 11.1 Å². The van der Waals surface area contributed by atoms with Gasteiger partial charge in [-0.15, -0.1) is 0 Å². The fourth-order valence-electron chi connectivity index (χ4n) is 7.36. The topological polar surface area (TPSA) is 348 Å². The predicted octanol–water partition coefficient (Wildman–Crippen LogP) is 3.63. The first-order chi connectivity index (χ1) is 37.2. The van der Waals surface area contributed by atoms with E-state index in [1.165, 1.54) is 42.6 Å². The lowest BCUT2D eigenvalue weighted by Crippen LogP contribution is -2.55. The van der Waals surface area contributed by atoms with Gasteiger partial charge in [0.05, 0.1) is 78.8 Å². The lowest BCUT2D eigenvalue weighted by molar-refractivity contribution is -0.124. The molecule has 0 spiro atoms. The summed E-state index contributed by atoms with van der Waals surface area (Å²) in [6, 6.07) is 23.1. The summed E-state index contributed by atoms with van der Waals surface area (Å²) in [4.78, 5) is 75.3. The largest absolute Gasteiger partial charge is 0.478 e. The van der Waals surface area contributed by atoms with Crippen molar-refractivity contribution in [3.63, 3.8) is 0 Å². The van der Waals surface area contributed by atoms with E-state index < -0.39 is 73.2 Å². The Kier molecular flexibility index (Phi) is 21.4. The molecule has 5 aromatic rings. The minimum atomic E-state index is -3.98. The Labute approximate surface area is 448 Å². The fraction of sp³-hybridized carbons (Fsp3) is 0.333. The summed E-state index contributed by atoms with van der Waals surface area (Å²) in [5.41, 5.74) is 1.43. The number of aliphatic hydroxyl groups is 1. The number of ether oxygens (including phenoxy) is 4. The van der Waals surface area contributed by atoms with Gasteiger partial charge in [0.1, 0.15) is 29.1 Å². The van der Waals surface area contributed by atoms with Crippen molar-refractivity contribution in [1.82, 2.24) is 24.4 Å². The fourth-order valence-corrected chi connectivity index (χ4v) is 9.71. The average Bonchev–Trinajstić information content (AvgIpc) is 3.40. The van der Waals surface area contributed by atoms with Gasteiger partial charge in [0.25, 0.3) is 0 Å². The minimum Gasteiger partial charge on any atom is -0.478 e. The van der Waals surface area contributed by atoms with E-state index in [1.54, 1.807) is 67.8 Å². The predicted molar refractivity (Wildman–Crippen MR) is 275 cm³/mol. The summed E-state index contributed by atoms with van der Waals surface area (Å²) >= 11 is 0. The smallest absolute Gasteiger partial charge is 0.343 e. The van der Waals surface area contributed by atoms with Crippen molar-refractivity contribution in [2.45, 2.75) is 45.8 Å². The second-order valence-electron chi connectivity index (χ2n) is 16.7. The number of rotatable bonds is 20. The highest BCUT2D eigenvalue weighted by Gasteiger charge is 2.39. The van der Waals surface area contributed by atoms with Crippen LogP contribution in [0.15, 0.2) is 85.1 Å². The monoisotopic (exact) mass is 1120 g/mol. The SMILES string of the molecule is CCOC(=O)c1cc(C#N)c(N2CC(C(=O)NS(=O)(=O)Cc3ccc(F)cc3)C2)nc1OCC.CCOC(=O)c1cc(C#N)c(N2CC(C(=O)NS(=O)(=O)Cc3ccccc3)C2)nc1OCC.O=C(O)c1cccnc1CO. The number of hydrogen-bond donors (Lipinski definition) is 4. The van der Waals surface area contributed by atoms with Crippen LogP contribution < -0.4 is 28.7 Å². The Bertz CT molecular complexity index is 3290. The first-order valence-corrected chi connectivity index (χ1v) is 27.2. The molecule has 3 aromatic heterocycles. The van der Waals surface area contributed by atoms with Crippen molar-refractivity contribution in [2.24, 2.45) is 11.8 Å². The van der Waals surface area contributed by atoms with Gasteiger partial charge in [-0.1, -0.05) is 42.5 Å². The summed E-state index contributed by atoms with van der Waals surface area (Å²) in [7, 11) is -7.82. The number of benzene rings is 2. The maximum atomic E-state index is 13.0. The van der Waals surface area contributed by atoms with Gasteiger partial charge in [-0.25, -0.2) is 35.6 Å². The number of aromatic nitrogens is 3. The third-order valence-electron chi connectivity index (χ3n) is 11.1. The first-order valence-electron chi connectivity index (χ1n) is 23.8. The molecule has 78 heavy (non-hydrogen) atoms. The second-order valence-corrected chi connectivity index (χ2v) is 20.1. The van der Waals surface area contributed by atoms with Crippen molar-refractivity contribution in [2.75, 3.05) is 62.4 Å². The van der Waals surface area contributed by atoms with E-state index >= 15 is 0 Å². The molecule has 5 heterocycles. The van der Waals surface area contributed by atoms with Gasteiger partial charge in [-0.05, 0) is 75.2 Å². The minimum absolute atomic E-state index is 0.00438. The van der Waals surface area contributed by atoms with Gasteiger partial charge in [0.15, 0.2) is 11.6 Å². The van der Waals surface area contributed by atoms with Gasteiger partial charge in [-0.2, -0.15) is 20.5 Å². The molecule has 0 aliphatic carbocycles. The number of aliphatic hydroxyl groups excluding tert-OH is 1. The molecule has 0 saturated carbocycles. The zero-order valence-electron chi connectivity index (χ0n) is 42.5. The molecule has 2 aromatic carbocycles. The number of nitrogens with zero attached hydrogens (tertiary/aromatic N) is 7. The highest BCUT2D eigenvalue weighted by atomic mass is 32.2. The molecule has 0 unspecified atom stereocenters. The maximum Gasteiger partial charge on any atom is 0.343 e. The number of amides is 2. The van der Waals surface area contributed by atoms with Crippen molar-refractivity contribution in [1.29, 1.82) is 10.5 Å². The molecular weight excluding hydrogens is 1060 g/mol. The van der Waals surface area contributed by atoms with E-state index in [2.05, 4.69) is 19.7 Å². The number of carboxylic acid groups (broad SMARTS) is 1. The molecular formula is C51H54FN9O15S2. The Morgan fingerprint density at radius 1 is 0.654 bits per heavy atom. The molecule has 0 radical (unpaired) electrons. The Morgan fingerprint density at radius 3 is 1.46 bits per heavy atom. The number of carbonyl (C=O) groups excluding carboxylic acids is 4. The van der Waals surface area contributed by atoms with Crippen LogP contribution in [0.25, 0.3) is 0 Å². The molecule has 0 bridgehead atoms. The number of anilines is 2. The molecule has 24 nitrogen and oxygen atoms in total. The number of sulfonamides is 2. The van der Waals surface area contributed by atoms with Crippen molar-refractivity contribution < 1.29 is 74.4 Å². The Hall–Kier alpha value is -8.79. The van der Waals surface area contributed by atoms with Crippen LogP contribution in [-0.2, 0) is 57.2 Å². The normalized spacial score (nSPS) is 13.0. The molecule has 412 valence electrons. The number of esters is 2. The number of carboxylic acids is 1. The molecule has 4 N–H and O–H groups in total. The lowest BCUT2D eigenvalue weighted by Gasteiger charge is -2.39. The highest BCUT2D eigenvalue weighted by molar-refractivity contribution is 7.89. The molecule has 27 heteroatoms. The van der Waals surface area contributed by atoms with E-state index in [4.69, 9.17) is 29.2 Å². The standard InChI is InChI=1S/C22H23FN4O6S.C22H24N4O6S.C7H7NO3/c1-3-32-21-18(22(29)33-4-2)9-15(10-24)19(25-21)27-11-16(12-27)20(28)26-34(30,31)13-14-5-7-17(23)8-6-14;1-3-31-21-18(22(28)32-4-2)10-16(11-23)19(24-21)26-12-17(13-26)20(27)25-33(29,30)14-15-8-6-5-7-9-15;9-4-6-5(7(10)11)2-1-3-8-6/h5-9,16H,3-4,11-13H2,1-2H3,(H,26,28);5-10,17H,3-4,12-14H2,1-2H3,(H,25,27);1-3,9H,4H2,(H,10,11). The molecule has 7 rings (SSSR count). The van der Waals surface area contributed by atoms with Crippen LogP contribution in [0.5, 0.6) is 11.8 Å². The number of pyridine rings is 3. The lowest BCUT2D eigenvalue weighted by atomic mass is 9.98. The van der Waals surface area contributed by atoms with Gasteiger partial charge in [0.2, 0.25) is 43.6 Å². The average molecular weight is 1120 g/mol. The maximum absolute atomic E-state index is 13.0. The van der Waals surface area contributed by atoms with Crippen LogP contribution in [0.1, 0.15) is 86.7 Å². The van der Waals surface area contributed by atoms with Crippen LogP contribution in [0.3, 0.4) is 0 Å². The molecule has 0 atom stereocenters. The van der Waals surface area contributed by atoms with Crippen LogP contribution in [0.4, 0.5) is 16.0 Å². The highest BCUT2D eigenvalue weighted by Crippen LogP contribution is 2.33. The molecule has 2 aliphatic heterocycles. The number of nitriles is 2. The van der Waals surface area contributed by atoms with E-state index in [0.717, 1.165) is 12.1 Å². The van der Waals surface area contributed by atoms with Crippen LogP contribution in [0, 0.1) is 40.3 Å². The third kappa shape index (κ3) is 16.4. The second kappa shape index (κ2) is 27.8. The number of nitrogens with one attached hydrogen (secondary N) is 2. The zero-order valence-corrected chi connectivity index (χ0v) is 44.2. The van der Waals surface area contributed by atoms with E-state index in [1.807, 2.05) is 16.9 Å². The summed E-state index contributed by atoms with van der Waals surface area (Å²) in [5, 5.41) is 36.3. The van der Waals surface area contributed by atoms with Gasteiger partial charge in [0, 0.05) is 32.4 Å². The first kappa shape index (κ1) is 60.1. The van der Waals surface area contributed by atoms with Crippen molar-refractivity contribution in [3.05, 3.63) is 136 Å². The molecule has 2 aliphatic rings. The van der Waals surface area contributed by atoms with Gasteiger partial charge < -0.3 is 39.0 Å². The summed E-state index contributed by atoms with van der Waals surface area (Å²) in [5.74, 6) is -5.70. The zero-order chi connectivity index (χ0) is 57.2. The number of aromatic carboxylic acids is 1. The summed E-state index contributed by atoms with van der Waals surface area (Å²) in [6.07, 6.45) is 1.44. The van der Waals surface area contributed by atoms with Crippen LogP contribution in [0.2, 0.25) is 0 Å². The molecule has 2 fully saturated rings. The number of hydrogen-bond acceptors (Lipinski definition) is 21. The van der Waals surface area contributed by atoms with Crippen LogP contribution in [-0.4, -0.2) is 124 Å². The van der Waals surface area contributed by atoms with Crippen LogP contribution >= 0.6 is 0 Å². The van der Waals surface area contributed by atoms with E-state index in [9.17, 15) is 55.7 Å². The van der Waals surface area contributed by atoms with Gasteiger partial charge in [-0.3, -0.25) is 24.0 Å². The number of carbonyl (C=O) groups is 5. The number of halogens is 1. The summed E-state index contributed by atoms with van der Waals surface area (Å²) in [6.45, 7) is 7.74. The third-order valence-corrected chi connectivity index (χ3v) is 13.5. The molecule has 2 amide bonds. The quantitative estimate of drug-likeness (QED) is 0.0808. The van der Waals surface area contributed by atoms with E-state index in [-0.39, 0.29) is 122 Å². The van der Waals surface area contributed by atoms with Gasteiger partial charge >= 0.3 is 17.9 Å². The molecule has 2 saturated heterocycles. The van der Waals surface area contributed by atoms with Crippen molar-refractivity contribution >= 4 is 61.4 Å². The Morgan fingerprint density at radius 2 is 1.09 bits per heavy atom. The summed E-state index contributed by atoms with van der Waals surface area (Å²) < 4.78 is 87.3. The Balaban J connectivity index is 0.000000241.